The fraction of sp³-hybridized carbons (Fsp3) is 0.714. The molecule has 0 saturated carbocycles. The third-order valence-electron chi connectivity index (χ3n) is 1.35. The van der Waals surface area contributed by atoms with Crippen molar-refractivity contribution in [2.75, 3.05) is 13.1 Å². The molecule has 7 nitrogen and oxygen atoms in total. The zero-order chi connectivity index (χ0) is 10.8. The number of unbranched alkanes of at least 4 members (excludes halogenated alkanes) is 1. The number of carbonyl (C=O) groups excluding carboxylic acids is 2. The smallest absolute Gasteiger partial charge is 0.321 e. The van der Waals surface area contributed by atoms with Crippen LogP contribution in [-0.4, -0.2) is 25.0 Å². The maximum absolute atomic E-state index is 10.9. The maximum atomic E-state index is 10.9. The minimum Gasteiger partial charge on any atom is -0.338 e. The first-order chi connectivity index (χ1) is 6.70. The fourth-order valence-electron chi connectivity index (χ4n) is 0.685. The van der Waals surface area contributed by atoms with Crippen LogP contribution in [0.4, 0.5) is 4.79 Å². The lowest BCUT2D eigenvalue weighted by Gasteiger charge is -2.03. The molecule has 2 N–H and O–H groups in total. The zero-order valence-corrected chi connectivity index (χ0v) is 7.99. The van der Waals surface area contributed by atoms with Gasteiger partial charge in [-0.15, -0.1) is 0 Å². The van der Waals surface area contributed by atoms with E-state index in [9.17, 15) is 9.59 Å². The van der Waals surface area contributed by atoms with Crippen molar-refractivity contribution >= 4 is 11.9 Å². The van der Waals surface area contributed by atoms with E-state index in [0.29, 0.717) is 6.54 Å². The number of nitrogens with one attached hydrogen (secondary N) is 2. The van der Waals surface area contributed by atoms with E-state index in [2.05, 4.69) is 15.3 Å². The van der Waals surface area contributed by atoms with E-state index >= 15 is 0 Å². The minimum absolute atomic E-state index is 0.363. The molecule has 7 heteroatoms. The summed E-state index contributed by atoms with van der Waals surface area (Å²) in [5, 5.41) is 7.51. The van der Waals surface area contributed by atoms with Crippen molar-refractivity contribution in [3.05, 3.63) is 10.4 Å². The van der Waals surface area contributed by atoms with E-state index in [4.69, 9.17) is 5.53 Å². The first kappa shape index (κ1) is 12.2. The largest absolute Gasteiger partial charge is 0.338 e. The Labute approximate surface area is 81.5 Å². The average molecular weight is 199 g/mol. The van der Waals surface area contributed by atoms with Gasteiger partial charge in [-0.25, -0.2) is 4.79 Å². The number of carbonyl (C=O) groups is 2. The van der Waals surface area contributed by atoms with Crippen molar-refractivity contribution in [3.8, 4) is 0 Å². The normalized spacial score (nSPS) is 8.64. The topological polar surface area (TPSA) is 107 Å². The van der Waals surface area contributed by atoms with Gasteiger partial charge in [0.15, 0.2) is 0 Å². The molecule has 14 heavy (non-hydrogen) atoms. The third-order valence-corrected chi connectivity index (χ3v) is 1.35. The van der Waals surface area contributed by atoms with Crippen molar-refractivity contribution in [1.82, 2.24) is 10.6 Å². The van der Waals surface area contributed by atoms with Crippen LogP contribution < -0.4 is 10.6 Å². The van der Waals surface area contributed by atoms with E-state index in [1.807, 2.05) is 12.2 Å². The minimum atomic E-state index is -0.614. The summed E-state index contributed by atoms with van der Waals surface area (Å²) < 4.78 is 0. The predicted molar refractivity (Wildman–Crippen MR) is 50.5 cm³/mol. The van der Waals surface area contributed by atoms with Gasteiger partial charge in [-0.1, -0.05) is 18.5 Å². The number of rotatable bonds is 5. The molecule has 0 spiro atoms. The number of hydrogen-bond donors (Lipinski definition) is 2. The lowest BCUT2D eigenvalue weighted by Crippen LogP contribution is -2.40. The fourth-order valence-corrected chi connectivity index (χ4v) is 0.685. The molecule has 0 unspecified atom stereocenters. The van der Waals surface area contributed by atoms with Crippen LogP contribution in [0.3, 0.4) is 0 Å². The summed E-state index contributed by atoms with van der Waals surface area (Å²) in [5.41, 5.74) is 7.90. The molecule has 3 amide bonds. The summed E-state index contributed by atoms with van der Waals surface area (Å²) in [6, 6.07) is -0.559. The van der Waals surface area contributed by atoms with Crippen LogP contribution in [0.1, 0.15) is 19.8 Å². The van der Waals surface area contributed by atoms with Gasteiger partial charge in [0.1, 0.15) is 6.54 Å². The molecule has 0 radical (unpaired) electrons. The molecule has 0 aliphatic rings. The van der Waals surface area contributed by atoms with Gasteiger partial charge in [0.05, 0.1) is 0 Å². The van der Waals surface area contributed by atoms with Crippen molar-refractivity contribution in [2.24, 2.45) is 5.11 Å². The molecular formula is C7H13N5O2. The Bertz CT molecular complexity index is 246. The Kier molecular flexibility index (Phi) is 6.89. The second kappa shape index (κ2) is 7.88. The molecule has 0 aliphatic heterocycles. The molecule has 0 aromatic rings. The Morgan fingerprint density at radius 2 is 2.21 bits per heavy atom. The van der Waals surface area contributed by atoms with E-state index in [1.54, 1.807) is 0 Å². The lowest BCUT2D eigenvalue weighted by molar-refractivity contribution is -0.118. The van der Waals surface area contributed by atoms with E-state index < -0.39 is 11.9 Å². The third kappa shape index (κ3) is 6.93. The van der Waals surface area contributed by atoms with Gasteiger partial charge in [-0.2, -0.15) is 0 Å². The van der Waals surface area contributed by atoms with Gasteiger partial charge in [-0.05, 0) is 12.0 Å². The van der Waals surface area contributed by atoms with E-state index in [1.165, 1.54) is 0 Å². The first-order valence-corrected chi connectivity index (χ1v) is 4.29. The van der Waals surface area contributed by atoms with Gasteiger partial charge in [0, 0.05) is 11.5 Å². The molecule has 0 rings (SSSR count). The Morgan fingerprint density at radius 3 is 2.79 bits per heavy atom. The molecule has 0 heterocycles. The van der Waals surface area contributed by atoms with Crippen LogP contribution in [0.15, 0.2) is 5.11 Å². The monoisotopic (exact) mass is 199 g/mol. The van der Waals surface area contributed by atoms with Crippen molar-refractivity contribution in [1.29, 1.82) is 0 Å². The standard InChI is InChI=1S/C7H13N5O2/c1-2-3-4-9-7(14)11-6(13)5-10-12-8/h2-5H2,1H3,(H2,9,11,13,14). The highest BCUT2D eigenvalue weighted by Crippen LogP contribution is 1.82. The SMILES string of the molecule is CCCCNC(=O)NC(=O)CN=[N+]=[N-]. The summed E-state index contributed by atoms with van der Waals surface area (Å²) in [7, 11) is 0. The highest BCUT2D eigenvalue weighted by atomic mass is 16.2. The summed E-state index contributed by atoms with van der Waals surface area (Å²) in [6.45, 7) is 2.15. The molecule has 0 fully saturated rings. The van der Waals surface area contributed by atoms with Gasteiger partial charge in [0.25, 0.3) is 0 Å². The summed E-state index contributed by atoms with van der Waals surface area (Å²) >= 11 is 0. The quantitative estimate of drug-likeness (QED) is 0.297. The second-order valence-corrected chi connectivity index (χ2v) is 2.55. The number of urea groups is 1. The highest BCUT2D eigenvalue weighted by Gasteiger charge is 2.04. The van der Waals surface area contributed by atoms with E-state index in [0.717, 1.165) is 12.8 Å². The van der Waals surface area contributed by atoms with Crippen LogP contribution in [-0.2, 0) is 4.79 Å². The average Bonchev–Trinajstić information content (AvgIpc) is 2.15. The zero-order valence-electron chi connectivity index (χ0n) is 7.99. The molecule has 0 atom stereocenters. The highest BCUT2D eigenvalue weighted by molar-refractivity contribution is 5.95. The van der Waals surface area contributed by atoms with Crippen molar-refractivity contribution in [2.45, 2.75) is 19.8 Å². The molecule has 0 aromatic carbocycles. The predicted octanol–water partition coefficient (Wildman–Crippen LogP) is 0.923. The van der Waals surface area contributed by atoms with Crippen molar-refractivity contribution < 1.29 is 9.59 Å². The van der Waals surface area contributed by atoms with Crippen LogP contribution in [0, 0.1) is 0 Å². The van der Waals surface area contributed by atoms with Gasteiger partial charge in [-0.3, -0.25) is 10.1 Å². The second-order valence-electron chi connectivity index (χ2n) is 2.55. The number of imide groups is 1. The van der Waals surface area contributed by atoms with E-state index in [-0.39, 0.29) is 6.54 Å². The van der Waals surface area contributed by atoms with Crippen molar-refractivity contribution in [3.63, 3.8) is 0 Å². The van der Waals surface area contributed by atoms with Gasteiger partial charge >= 0.3 is 6.03 Å². The number of amides is 3. The van der Waals surface area contributed by atoms with Gasteiger partial charge < -0.3 is 5.32 Å². The Hall–Kier alpha value is -1.75. The lowest BCUT2D eigenvalue weighted by atomic mass is 10.3. The molecule has 0 saturated heterocycles. The number of azide groups is 1. The maximum Gasteiger partial charge on any atom is 0.321 e. The number of nitrogens with zero attached hydrogens (tertiary/aromatic N) is 3. The molecule has 0 bridgehead atoms. The summed E-state index contributed by atoms with van der Waals surface area (Å²) in [5.74, 6) is -0.614. The molecular weight excluding hydrogens is 186 g/mol. The van der Waals surface area contributed by atoms with Crippen LogP contribution >= 0.6 is 0 Å². The molecule has 0 aromatic heterocycles. The summed E-state index contributed by atoms with van der Waals surface area (Å²) in [6.07, 6.45) is 1.82. The Balaban J connectivity index is 3.60. The van der Waals surface area contributed by atoms with Crippen LogP contribution in [0.5, 0.6) is 0 Å². The molecule has 0 aliphatic carbocycles. The summed E-state index contributed by atoms with van der Waals surface area (Å²) in [4.78, 5) is 24.1. The number of hydrogen-bond acceptors (Lipinski definition) is 3. The first-order valence-electron chi connectivity index (χ1n) is 4.29. The molecule has 78 valence electrons. The van der Waals surface area contributed by atoms with Gasteiger partial charge in [0.2, 0.25) is 5.91 Å². The van der Waals surface area contributed by atoms with Crippen LogP contribution in [0.25, 0.3) is 10.4 Å². The van der Waals surface area contributed by atoms with Crippen LogP contribution in [0.2, 0.25) is 0 Å². The Morgan fingerprint density at radius 1 is 1.50 bits per heavy atom.